The van der Waals surface area contributed by atoms with Gasteiger partial charge in [0.15, 0.2) is 11.6 Å². The minimum absolute atomic E-state index is 0.0626. The monoisotopic (exact) mass is 478 g/mol. The van der Waals surface area contributed by atoms with E-state index in [0.29, 0.717) is 22.6 Å². The van der Waals surface area contributed by atoms with Crippen molar-refractivity contribution in [1.29, 1.82) is 0 Å². The molecule has 0 spiro atoms. The van der Waals surface area contributed by atoms with Crippen molar-refractivity contribution in [2.45, 2.75) is 84.0 Å². The zero-order chi connectivity index (χ0) is 24.8. The molecule has 0 heterocycles. The molecule has 0 saturated heterocycles. The first-order valence-electron chi connectivity index (χ1n) is 13.3. The van der Waals surface area contributed by atoms with Gasteiger partial charge in [0.1, 0.15) is 5.82 Å². The van der Waals surface area contributed by atoms with Gasteiger partial charge in [-0.2, -0.15) is 0 Å². The molecule has 0 bridgehead atoms. The topological polar surface area (TPSA) is 0 Å². The minimum atomic E-state index is -0.738. The fourth-order valence-corrected chi connectivity index (χ4v) is 5.47. The maximum Gasteiger partial charge on any atom is 0.166 e. The normalized spacial score (nSPS) is 18.1. The van der Waals surface area contributed by atoms with Crippen LogP contribution < -0.4 is 0 Å². The number of benzene rings is 3. The number of unbranched alkanes of at least 4 members (excludes halogenated alkanes) is 1. The SMILES string of the molecule is CCCCc1ccc(CCC2CCC(c3ccc(-c4ccc(CC)cc4)c(F)c3F)CC2)cc1F. The van der Waals surface area contributed by atoms with Crippen molar-refractivity contribution < 1.29 is 13.2 Å². The highest BCUT2D eigenvalue weighted by Gasteiger charge is 2.26. The Balaban J connectivity index is 1.33. The van der Waals surface area contributed by atoms with E-state index in [0.717, 1.165) is 75.3 Å². The molecule has 0 radical (unpaired) electrons. The Labute approximate surface area is 208 Å². The number of hydrogen-bond donors (Lipinski definition) is 0. The van der Waals surface area contributed by atoms with Gasteiger partial charge in [-0.15, -0.1) is 0 Å². The van der Waals surface area contributed by atoms with Crippen molar-refractivity contribution >= 4 is 0 Å². The summed E-state index contributed by atoms with van der Waals surface area (Å²) < 4.78 is 44.4. The van der Waals surface area contributed by atoms with Gasteiger partial charge in [-0.3, -0.25) is 0 Å². The van der Waals surface area contributed by atoms with Gasteiger partial charge < -0.3 is 0 Å². The fraction of sp³-hybridized carbons (Fsp3) is 0.438. The second kappa shape index (κ2) is 11.9. The van der Waals surface area contributed by atoms with E-state index in [2.05, 4.69) is 19.9 Å². The molecule has 1 aliphatic carbocycles. The number of hydrogen-bond acceptors (Lipinski definition) is 0. The molecular weight excluding hydrogens is 441 g/mol. The van der Waals surface area contributed by atoms with Crippen molar-refractivity contribution in [3.8, 4) is 11.1 Å². The Kier molecular flexibility index (Phi) is 8.70. The molecule has 0 aromatic heterocycles. The van der Waals surface area contributed by atoms with Crippen LogP contribution in [0.3, 0.4) is 0 Å². The Morgan fingerprint density at radius 3 is 2.11 bits per heavy atom. The number of rotatable bonds is 9. The van der Waals surface area contributed by atoms with Gasteiger partial charge in [-0.05, 0) is 104 Å². The molecule has 1 fully saturated rings. The summed E-state index contributed by atoms with van der Waals surface area (Å²) in [4.78, 5) is 0. The van der Waals surface area contributed by atoms with E-state index in [9.17, 15) is 8.78 Å². The highest BCUT2D eigenvalue weighted by atomic mass is 19.2. The first-order valence-corrected chi connectivity index (χ1v) is 13.3. The van der Waals surface area contributed by atoms with Crippen LogP contribution in [0.1, 0.15) is 87.0 Å². The third-order valence-corrected chi connectivity index (χ3v) is 7.83. The Hall–Kier alpha value is -2.55. The highest BCUT2D eigenvalue weighted by Crippen LogP contribution is 2.40. The molecule has 35 heavy (non-hydrogen) atoms. The van der Waals surface area contributed by atoms with Crippen LogP contribution in [0.2, 0.25) is 0 Å². The van der Waals surface area contributed by atoms with E-state index in [4.69, 9.17) is 0 Å². The summed E-state index contributed by atoms with van der Waals surface area (Å²) in [7, 11) is 0. The Morgan fingerprint density at radius 2 is 1.46 bits per heavy atom. The number of halogens is 3. The summed E-state index contributed by atoms with van der Waals surface area (Å²) in [5.41, 5.74) is 4.60. The van der Waals surface area contributed by atoms with E-state index >= 15 is 4.39 Å². The fourth-order valence-electron chi connectivity index (χ4n) is 5.47. The van der Waals surface area contributed by atoms with Crippen molar-refractivity contribution in [3.05, 3.63) is 94.3 Å². The van der Waals surface area contributed by atoms with E-state index in [1.165, 1.54) is 5.56 Å². The standard InChI is InChI=1S/C32H37F3/c1-3-5-6-27-18-13-24(21-30(27)33)8-7-23-11-16-26(17-12-23)29-20-19-28(31(34)32(29)35)25-14-9-22(4-2)10-15-25/h9-10,13-15,18-21,23,26H,3-8,11-12,16-17H2,1-2H3. The van der Waals surface area contributed by atoms with E-state index in [-0.39, 0.29) is 11.7 Å². The maximum atomic E-state index is 15.1. The van der Waals surface area contributed by atoms with Gasteiger partial charge in [0.25, 0.3) is 0 Å². The molecule has 0 nitrogen and oxygen atoms in total. The molecule has 0 amide bonds. The lowest BCUT2D eigenvalue weighted by atomic mass is 9.76. The first kappa shape index (κ1) is 25.5. The van der Waals surface area contributed by atoms with Crippen LogP contribution in [0.4, 0.5) is 13.2 Å². The van der Waals surface area contributed by atoms with Crippen molar-refractivity contribution in [1.82, 2.24) is 0 Å². The van der Waals surface area contributed by atoms with Crippen LogP contribution >= 0.6 is 0 Å². The second-order valence-corrected chi connectivity index (χ2v) is 10.2. The Bertz CT molecular complexity index is 1110. The molecule has 4 rings (SSSR count). The molecule has 0 unspecified atom stereocenters. The largest absolute Gasteiger partial charge is 0.207 e. The zero-order valence-electron chi connectivity index (χ0n) is 21.1. The summed E-state index contributed by atoms with van der Waals surface area (Å²) in [6.07, 6.45) is 9.43. The molecule has 0 atom stereocenters. The van der Waals surface area contributed by atoms with Crippen molar-refractivity contribution in [2.75, 3.05) is 0 Å². The molecule has 186 valence electrons. The lowest BCUT2D eigenvalue weighted by Gasteiger charge is -2.29. The summed E-state index contributed by atoms with van der Waals surface area (Å²) >= 11 is 0. The molecule has 3 aromatic carbocycles. The van der Waals surface area contributed by atoms with Crippen molar-refractivity contribution in [2.24, 2.45) is 5.92 Å². The third-order valence-electron chi connectivity index (χ3n) is 7.83. The minimum Gasteiger partial charge on any atom is -0.207 e. The molecule has 3 aromatic rings. The lowest BCUT2D eigenvalue weighted by Crippen LogP contribution is -2.15. The average Bonchev–Trinajstić information content (AvgIpc) is 2.89. The van der Waals surface area contributed by atoms with Crippen LogP contribution in [-0.4, -0.2) is 0 Å². The predicted octanol–water partition coefficient (Wildman–Crippen LogP) is 9.58. The molecule has 3 heteroatoms. The lowest BCUT2D eigenvalue weighted by molar-refractivity contribution is 0.305. The zero-order valence-corrected chi connectivity index (χ0v) is 21.1. The van der Waals surface area contributed by atoms with Gasteiger partial charge in [-0.25, -0.2) is 13.2 Å². The molecular formula is C32H37F3. The summed E-state index contributed by atoms with van der Waals surface area (Å²) in [6, 6.07) is 16.9. The van der Waals surface area contributed by atoms with Gasteiger partial charge in [0, 0.05) is 5.56 Å². The van der Waals surface area contributed by atoms with E-state index in [1.807, 2.05) is 30.3 Å². The Morgan fingerprint density at radius 1 is 0.743 bits per heavy atom. The smallest absolute Gasteiger partial charge is 0.166 e. The average molecular weight is 479 g/mol. The second-order valence-electron chi connectivity index (χ2n) is 10.2. The first-order chi connectivity index (χ1) is 17.0. The van der Waals surface area contributed by atoms with Gasteiger partial charge in [-0.1, -0.05) is 68.8 Å². The number of aryl methyl sites for hydroxylation is 3. The van der Waals surface area contributed by atoms with Crippen LogP contribution in [0.25, 0.3) is 11.1 Å². The molecule has 1 aliphatic rings. The third kappa shape index (κ3) is 6.18. The highest BCUT2D eigenvalue weighted by molar-refractivity contribution is 5.65. The molecule has 1 saturated carbocycles. The van der Waals surface area contributed by atoms with E-state index < -0.39 is 11.6 Å². The quantitative estimate of drug-likeness (QED) is 0.287. The van der Waals surface area contributed by atoms with Crippen LogP contribution in [-0.2, 0) is 19.3 Å². The predicted molar refractivity (Wildman–Crippen MR) is 139 cm³/mol. The van der Waals surface area contributed by atoms with Gasteiger partial charge in [0.05, 0.1) is 0 Å². The van der Waals surface area contributed by atoms with Crippen LogP contribution in [0, 0.1) is 23.4 Å². The van der Waals surface area contributed by atoms with Gasteiger partial charge in [0.2, 0.25) is 0 Å². The van der Waals surface area contributed by atoms with Crippen LogP contribution in [0.5, 0.6) is 0 Å². The maximum absolute atomic E-state index is 15.1. The summed E-state index contributed by atoms with van der Waals surface area (Å²) in [6.45, 7) is 4.19. The van der Waals surface area contributed by atoms with Crippen molar-refractivity contribution in [3.63, 3.8) is 0 Å². The van der Waals surface area contributed by atoms with Gasteiger partial charge >= 0.3 is 0 Å². The summed E-state index contributed by atoms with van der Waals surface area (Å²) in [5, 5.41) is 0. The van der Waals surface area contributed by atoms with Crippen LogP contribution in [0.15, 0.2) is 54.6 Å². The summed E-state index contributed by atoms with van der Waals surface area (Å²) in [5.74, 6) is -0.893. The van der Waals surface area contributed by atoms with E-state index in [1.54, 1.807) is 18.2 Å². The molecule has 0 aliphatic heterocycles. The molecule has 0 N–H and O–H groups in total.